The molecule has 0 saturated carbocycles. The van der Waals surface area contributed by atoms with Gasteiger partial charge in [-0.05, 0) is 41.5 Å². The molecule has 1 rings (SSSR count). The van der Waals surface area contributed by atoms with E-state index in [0.29, 0.717) is 18.2 Å². The number of nitrogens with zero attached hydrogens (tertiary/aromatic N) is 2. The van der Waals surface area contributed by atoms with Crippen LogP contribution in [0.25, 0.3) is 0 Å². The van der Waals surface area contributed by atoms with Crippen LogP contribution in [0.3, 0.4) is 0 Å². The molecule has 118 valence electrons. The molecule has 0 aliphatic carbocycles. The Bertz CT molecular complexity index is 318. The molecule has 0 aromatic carbocycles. The highest BCUT2D eigenvalue weighted by molar-refractivity contribution is 5.79. The number of ether oxygens (including phenoxy) is 1. The normalized spacial score (nSPS) is 25.9. The lowest BCUT2D eigenvalue weighted by molar-refractivity contribution is -0.0946. The smallest absolute Gasteiger partial charge is 0.191 e. The van der Waals surface area contributed by atoms with Gasteiger partial charge >= 0.3 is 0 Å². The van der Waals surface area contributed by atoms with Crippen LogP contribution in [0.15, 0.2) is 4.99 Å². The van der Waals surface area contributed by atoms with E-state index in [4.69, 9.17) is 4.74 Å². The van der Waals surface area contributed by atoms with E-state index in [2.05, 4.69) is 62.1 Å². The summed E-state index contributed by atoms with van der Waals surface area (Å²) in [6.07, 6.45) is 0.595. The number of aliphatic imine (C=N–C) groups is 1. The summed E-state index contributed by atoms with van der Waals surface area (Å²) in [6, 6.07) is 0.382. The fourth-order valence-electron chi connectivity index (χ4n) is 2.55. The van der Waals surface area contributed by atoms with Gasteiger partial charge in [-0.3, -0.25) is 9.89 Å². The van der Waals surface area contributed by atoms with E-state index < -0.39 is 0 Å². The zero-order chi connectivity index (χ0) is 15.3. The molecule has 2 atom stereocenters. The van der Waals surface area contributed by atoms with Gasteiger partial charge in [-0.2, -0.15) is 0 Å². The van der Waals surface area contributed by atoms with Gasteiger partial charge in [-0.1, -0.05) is 0 Å². The molecule has 1 aliphatic rings. The van der Waals surface area contributed by atoms with Gasteiger partial charge in [0.05, 0.1) is 12.2 Å². The molecule has 5 heteroatoms. The molecule has 1 fully saturated rings. The quantitative estimate of drug-likeness (QED) is 0.606. The molecule has 0 bridgehead atoms. The molecular weight excluding hydrogens is 252 g/mol. The Morgan fingerprint density at radius 1 is 1.30 bits per heavy atom. The first-order chi connectivity index (χ1) is 9.24. The van der Waals surface area contributed by atoms with Crippen LogP contribution in [0.2, 0.25) is 0 Å². The maximum absolute atomic E-state index is 5.81. The van der Waals surface area contributed by atoms with Crippen LogP contribution in [0.4, 0.5) is 0 Å². The van der Waals surface area contributed by atoms with Crippen LogP contribution in [0.5, 0.6) is 0 Å². The second-order valence-electron chi connectivity index (χ2n) is 6.70. The van der Waals surface area contributed by atoms with E-state index in [0.717, 1.165) is 25.6 Å². The summed E-state index contributed by atoms with van der Waals surface area (Å²) >= 11 is 0. The lowest BCUT2D eigenvalue weighted by atomic mass is 10.00. The minimum absolute atomic E-state index is 0.0703. The Hall–Kier alpha value is -0.810. The first-order valence-electron chi connectivity index (χ1n) is 7.62. The van der Waals surface area contributed by atoms with Crippen molar-refractivity contribution in [2.24, 2.45) is 4.99 Å². The predicted octanol–water partition coefficient (Wildman–Crippen LogP) is 1.45. The Morgan fingerprint density at radius 3 is 2.30 bits per heavy atom. The summed E-state index contributed by atoms with van der Waals surface area (Å²) in [5, 5.41) is 6.74. The molecule has 2 N–H and O–H groups in total. The van der Waals surface area contributed by atoms with E-state index in [1.165, 1.54) is 0 Å². The van der Waals surface area contributed by atoms with Crippen LogP contribution in [-0.4, -0.2) is 61.3 Å². The predicted molar refractivity (Wildman–Crippen MR) is 85.3 cm³/mol. The van der Waals surface area contributed by atoms with Gasteiger partial charge in [0.25, 0.3) is 0 Å². The summed E-state index contributed by atoms with van der Waals surface area (Å²) in [4.78, 5) is 6.76. The lowest BCUT2D eigenvalue weighted by Crippen LogP contribution is -2.59. The molecule has 1 aliphatic heterocycles. The first kappa shape index (κ1) is 17.2. The van der Waals surface area contributed by atoms with Crippen molar-refractivity contribution >= 4 is 5.96 Å². The number of morpholine rings is 1. The van der Waals surface area contributed by atoms with Crippen molar-refractivity contribution in [2.45, 2.75) is 65.3 Å². The van der Waals surface area contributed by atoms with E-state index in [-0.39, 0.29) is 5.54 Å². The van der Waals surface area contributed by atoms with Gasteiger partial charge in [0, 0.05) is 38.3 Å². The SMILES string of the molecule is CN=C(NCC(C)(C)N1CC(C)OC(C)C1)NC(C)C. The van der Waals surface area contributed by atoms with E-state index in [9.17, 15) is 0 Å². The molecule has 2 unspecified atom stereocenters. The van der Waals surface area contributed by atoms with Crippen molar-refractivity contribution in [3.8, 4) is 0 Å². The van der Waals surface area contributed by atoms with Crippen LogP contribution in [-0.2, 0) is 4.74 Å². The van der Waals surface area contributed by atoms with Crippen LogP contribution >= 0.6 is 0 Å². The van der Waals surface area contributed by atoms with Gasteiger partial charge < -0.3 is 15.4 Å². The minimum Gasteiger partial charge on any atom is -0.373 e. The van der Waals surface area contributed by atoms with Gasteiger partial charge in [-0.25, -0.2) is 0 Å². The molecule has 0 amide bonds. The van der Waals surface area contributed by atoms with Crippen molar-refractivity contribution in [1.82, 2.24) is 15.5 Å². The minimum atomic E-state index is 0.0703. The molecule has 0 aromatic rings. The molecular formula is C15H32N4O. The molecule has 5 nitrogen and oxygen atoms in total. The van der Waals surface area contributed by atoms with Crippen molar-refractivity contribution in [2.75, 3.05) is 26.7 Å². The van der Waals surface area contributed by atoms with Crippen molar-refractivity contribution in [1.29, 1.82) is 0 Å². The Morgan fingerprint density at radius 2 is 1.85 bits per heavy atom. The summed E-state index contributed by atoms with van der Waals surface area (Å²) < 4.78 is 5.81. The summed E-state index contributed by atoms with van der Waals surface area (Å²) in [5.74, 6) is 0.863. The van der Waals surface area contributed by atoms with Gasteiger partial charge in [0.1, 0.15) is 0 Å². The summed E-state index contributed by atoms with van der Waals surface area (Å²) in [7, 11) is 1.81. The molecule has 1 heterocycles. The summed E-state index contributed by atoms with van der Waals surface area (Å²) in [6.45, 7) is 15.9. The molecule has 0 aromatic heterocycles. The Labute approximate surface area is 124 Å². The Kier molecular flexibility index (Phi) is 6.27. The van der Waals surface area contributed by atoms with E-state index >= 15 is 0 Å². The third kappa shape index (κ3) is 5.29. The van der Waals surface area contributed by atoms with Gasteiger partial charge in [0.15, 0.2) is 5.96 Å². The highest BCUT2D eigenvalue weighted by Gasteiger charge is 2.33. The highest BCUT2D eigenvalue weighted by atomic mass is 16.5. The zero-order valence-corrected chi connectivity index (χ0v) is 14.2. The van der Waals surface area contributed by atoms with Crippen molar-refractivity contribution in [3.63, 3.8) is 0 Å². The first-order valence-corrected chi connectivity index (χ1v) is 7.62. The van der Waals surface area contributed by atoms with Crippen LogP contribution in [0, 0.1) is 0 Å². The Balaban J connectivity index is 2.55. The fraction of sp³-hybridized carbons (Fsp3) is 0.933. The number of guanidine groups is 1. The average molecular weight is 284 g/mol. The van der Waals surface area contributed by atoms with Gasteiger partial charge in [-0.15, -0.1) is 0 Å². The van der Waals surface area contributed by atoms with Crippen molar-refractivity contribution < 1.29 is 4.74 Å². The van der Waals surface area contributed by atoms with E-state index in [1.807, 2.05) is 7.05 Å². The topological polar surface area (TPSA) is 48.9 Å². The zero-order valence-electron chi connectivity index (χ0n) is 14.2. The number of rotatable bonds is 4. The molecule has 0 radical (unpaired) electrons. The number of nitrogens with one attached hydrogen (secondary N) is 2. The summed E-state index contributed by atoms with van der Waals surface area (Å²) in [5.41, 5.74) is 0.0703. The highest BCUT2D eigenvalue weighted by Crippen LogP contribution is 2.20. The standard InChI is InChI=1S/C15H32N4O/c1-11(2)18-14(16-7)17-10-15(5,6)19-8-12(3)20-13(4)9-19/h11-13H,8-10H2,1-7H3,(H2,16,17,18). The molecule has 1 saturated heterocycles. The van der Waals surface area contributed by atoms with Crippen LogP contribution < -0.4 is 10.6 Å². The fourth-order valence-corrected chi connectivity index (χ4v) is 2.55. The molecule has 20 heavy (non-hydrogen) atoms. The monoisotopic (exact) mass is 284 g/mol. The number of hydrogen-bond acceptors (Lipinski definition) is 3. The third-order valence-corrected chi connectivity index (χ3v) is 3.61. The second-order valence-corrected chi connectivity index (χ2v) is 6.70. The maximum Gasteiger partial charge on any atom is 0.191 e. The maximum atomic E-state index is 5.81. The third-order valence-electron chi connectivity index (χ3n) is 3.61. The van der Waals surface area contributed by atoms with Crippen LogP contribution in [0.1, 0.15) is 41.5 Å². The number of hydrogen-bond donors (Lipinski definition) is 2. The second kappa shape index (κ2) is 7.27. The molecule has 0 spiro atoms. The van der Waals surface area contributed by atoms with E-state index in [1.54, 1.807) is 0 Å². The van der Waals surface area contributed by atoms with Gasteiger partial charge in [0.2, 0.25) is 0 Å². The van der Waals surface area contributed by atoms with Crippen molar-refractivity contribution in [3.05, 3.63) is 0 Å². The lowest BCUT2D eigenvalue weighted by Gasteiger charge is -2.45. The average Bonchev–Trinajstić information content (AvgIpc) is 2.32. The largest absolute Gasteiger partial charge is 0.373 e.